The van der Waals surface area contributed by atoms with Crippen LogP contribution in [-0.4, -0.2) is 35.1 Å². The van der Waals surface area contributed by atoms with Crippen LogP contribution < -0.4 is 5.32 Å². The van der Waals surface area contributed by atoms with Crippen LogP contribution in [0.4, 0.5) is 17.6 Å². The number of phenolic OH excluding ortho intramolecular Hbond substituents is 1. The van der Waals surface area contributed by atoms with Gasteiger partial charge < -0.3 is 10.4 Å². The summed E-state index contributed by atoms with van der Waals surface area (Å²) >= 11 is 0. The summed E-state index contributed by atoms with van der Waals surface area (Å²) in [6, 6.07) is 6.29. The Kier molecular flexibility index (Phi) is 2.71. The fourth-order valence-electron chi connectivity index (χ4n) is 1.48. The molecule has 0 atom stereocenters. The first kappa shape index (κ1) is 11.6. The van der Waals surface area contributed by atoms with Crippen LogP contribution in [-0.2, 0) is 0 Å². The highest BCUT2D eigenvalue weighted by Crippen LogP contribution is 2.19. The topological polar surface area (TPSA) is 150 Å². The second kappa shape index (κ2) is 4.66. The quantitative estimate of drug-likeness (QED) is 0.315. The molecule has 98 valence electrons. The number of phenols is 1. The Morgan fingerprint density at radius 3 is 2.80 bits per heavy atom. The molecule has 0 aliphatic heterocycles. The lowest BCUT2D eigenvalue weighted by atomic mass is 10.3. The molecule has 0 saturated carbocycles. The van der Waals surface area contributed by atoms with Crippen molar-refractivity contribution in [1.29, 1.82) is 0 Å². The van der Waals surface area contributed by atoms with Crippen molar-refractivity contribution in [2.75, 3.05) is 5.32 Å². The molecule has 0 bridgehead atoms. The zero-order chi connectivity index (χ0) is 13.9. The van der Waals surface area contributed by atoms with E-state index < -0.39 is 0 Å². The number of benzene rings is 1. The largest absolute Gasteiger partial charge is 0.508 e. The molecule has 2 heterocycles. The molecule has 0 amide bonds. The number of aromatic nitrogens is 6. The average molecular weight is 270 g/mol. The van der Waals surface area contributed by atoms with Gasteiger partial charge in [0.2, 0.25) is 11.9 Å². The van der Waals surface area contributed by atoms with Crippen molar-refractivity contribution in [2.24, 2.45) is 5.11 Å². The molecule has 1 aromatic carbocycles. The zero-order valence-corrected chi connectivity index (χ0v) is 9.78. The van der Waals surface area contributed by atoms with E-state index in [4.69, 9.17) is 5.53 Å². The number of aromatic hydroxyl groups is 1. The highest BCUT2D eigenvalue weighted by atomic mass is 16.3. The smallest absolute Gasteiger partial charge is 0.278 e. The molecule has 20 heavy (non-hydrogen) atoms. The number of rotatable bonds is 3. The number of fused-ring (bicyclic) bond motifs is 1. The lowest BCUT2D eigenvalue weighted by Gasteiger charge is -2.05. The Morgan fingerprint density at radius 2 is 2.05 bits per heavy atom. The SMILES string of the molecule is [N-]=[N+]=Nc1nc(Nc2ccc(O)cc2)nc2nnnn12. The summed E-state index contributed by atoms with van der Waals surface area (Å²) in [7, 11) is 0. The maximum absolute atomic E-state index is 9.21. The molecule has 11 heteroatoms. The summed E-state index contributed by atoms with van der Waals surface area (Å²) in [5.41, 5.74) is 9.14. The fraction of sp³-hybridized carbons (Fsp3) is 0. The molecule has 0 aliphatic carbocycles. The van der Waals surface area contributed by atoms with Crippen molar-refractivity contribution in [1.82, 2.24) is 30.0 Å². The standard InChI is InChI=1S/C9H6N10O/c10-16-14-8-12-7(13-9-15-17-18-19(8)9)11-5-1-3-6(20)4-2-5/h1-4,20H,(H,11,13,15,18). The fourth-order valence-corrected chi connectivity index (χ4v) is 1.48. The zero-order valence-electron chi connectivity index (χ0n) is 9.78. The van der Waals surface area contributed by atoms with E-state index in [0.29, 0.717) is 5.69 Å². The molecule has 0 fully saturated rings. The Morgan fingerprint density at radius 1 is 1.25 bits per heavy atom. The van der Waals surface area contributed by atoms with Crippen molar-refractivity contribution >= 4 is 23.4 Å². The lowest BCUT2D eigenvalue weighted by Crippen LogP contribution is -2.02. The molecule has 0 aliphatic rings. The maximum Gasteiger partial charge on any atom is 0.278 e. The van der Waals surface area contributed by atoms with Gasteiger partial charge in [0.05, 0.1) is 0 Å². The molecule has 3 rings (SSSR count). The minimum Gasteiger partial charge on any atom is -0.508 e. The second-order valence-corrected chi connectivity index (χ2v) is 3.60. The van der Waals surface area contributed by atoms with Crippen molar-refractivity contribution in [3.8, 4) is 5.75 Å². The van der Waals surface area contributed by atoms with E-state index in [1.165, 1.54) is 12.1 Å². The number of tetrazole rings is 1. The van der Waals surface area contributed by atoms with Gasteiger partial charge in [-0.2, -0.15) is 14.5 Å². The third kappa shape index (κ3) is 2.11. The Labute approximate surface area is 110 Å². The molecule has 0 spiro atoms. The Bertz CT molecular complexity index is 803. The van der Waals surface area contributed by atoms with Crippen LogP contribution in [0.3, 0.4) is 0 Å². The molecule has 2 aromatic heterocycles. The van der Waals surface area contributed by atoms with Crippen LogP contribution in [0.25, 0.3) is 16.2 Å². The normalized spacial score (nSPS) is 10.2. The van der Waals surface area contributed by atoms with Crippen molar-refractivity contribution in [3.05, 3.63) is 34.7 Å². The van der Waals surface area contributed by atoms with Crippen LogP contribution in [0.5, 0.6) is 5.75 Å². The molecule has 0 unspecified atom stereocenters. The number of anilines is 2. The van der Waals surface area contributed by atoms with E-state index in [-0.39, 0.29) is 23.4 Å². The molecular weight excluding hydrogens is 264 g/mol. The molecule has 2 N–H and O–H groups in total. The Hall–Kier alpha value is -3.46. The van der Waals surface area contributed by atoms with Crippen LogP contribution >= 0.6 is 0 Å². The van der Waals surface area contributed by atoms with E-state index in [0.717, 1.165) is 4.52 Å². The first-order valence-electron chi connectivity index (χ1n) is 5.33. The van der Waals surface area contributed by atoms with Gasteiger partial charge in [0, 0.05) is 10.6 Å². The van der Waals surface area contributed by atoms with Crippen LogP contribution in [0, 0.1) is 0 Å². The van der Waals surface area contributed by atoms with Gasteiger partial charge >= 0.3 is 0 Å². The van der Waals surface area contributed by atoms with E-state index in [2.05, 4.69) is 40.8 Å². The number of hydrogen-bond donors (Lipinski definition) is 2. The van der Waals surface area contributed by atoms with E-state index in [9.17, 15) is 5.11 Å². The van der Waals surface area contributed by atoms with Crippen LogP contribution in [0.15, 0.2) is 29.4 Å². The second-order valence-electron chi connectivity index (χ2n) is 3.60. The summed E-state index contributed by atoms with van der Waals surface area (Å²) in [5, 5.41) is 26.2. The van der Waals surface area contributed by atoms with Crippen LogP contribution in [0.1, 0.15) is 0 Å². The van der Waals surface area contributed by atoms with Gasteiger partial charge in [-0.1, -0.05) is 5.10 Å². The van der Waals surface area contributed by atoms with Gasteiger partial charge in [-0.15, -0.1) is 0 Å². The van der Waals surface area contributed by atoms with Crippen LogP contribution in [0.2, 0.25) is 0 Å². The van der Waals surface area contributed by atoms with E-state index >= 15 is 0 Å². The molecule has 11 nitrogen and oxygen atoms in total. The van der Waals surface area contributed by atoms with Gasteiger partial charge in [0.1, 0.15) is 5.75 Å². The molecular formula is C9H6N10O. The maximum atomic E-state index is 9.21. The minimum atomic E-state index is -0.0382. The average Bonchev–Trinajstić information content (AvgIpc) is 2.90. The third-order valence-corrected chi connectivity index (χ3v) is 2.31. The van der Waals surface area contributed by atoms with Gasteiger partial charge in [-0.25, -0.2) is 0 Å². The minimum absolute atomic E-state index is 0.0382. The van der Waals surface area contributed by atoms with Crippen molar-refractivity contribution in [3.63, 3.8) is 0 Å². The summed E-state index contributed by atoms with van der Waals surface area (Å²) in [5.74, 6) is 0.413. The van der Waals surface area contributed by atoms with E-state index in [1.54, 1.807) is 12.1 Å². The summed E-state index contributed by atoms with van der Waals surface area (Å²) in [6.45, 7) is 0. The third-order valence-electron chi connectivity index (χ3n) is 2.31. The van der Waals surface area contributed by atoms with Gasteiger partial charge in [0.25, 0.3) is 5.78 Å². The van der Waals surface area contributed by atoms with Crippen molar-refractivity contribution < 1.29 is 5.11 Å². The van der Waals surface area contributed by atoms with E-state index in [1.807, 2.05) is 0 Å². The number of nitrogens with zero attached hydrogens (tertiary/aromatic N) is 9. The lowest BCUT2D eigenvalue weighted by molar-refractivity contribution is 0.475. The molecule has 0 radical (unpaired) electrons. The first-order valence-corrected chi connectivity index (χ1v) is 5.33. The number of azide groups is 1. The summed E-state index contributed by atoms with van der Waals surface area (Å²) in [4.78, 5) is 10.7. The first-order chi connectivity index (χ1) is 9.76. The van der Waals surface area contributed by atoms with Gasteiger partial charge in [0.15, 0.2) is 0 Å². The predicted octanol–water partition coefficient (Wildman–Crippen LogP) is 1.31. The van der Waals surface area contributed by atoms with Gasteiger partial charge in [-0.3, -0.25) is 0 Å². The highest BCUT2D eigenvalue weighted by Gasteiger charge is 2.09. The predicted molar refractivity (Wildman–Crippen MR) is 66.6 cm³/mol. The number of hydrogen-bond acceptors (Lipinski definition) is 8. The molecule has 3 aromatic rings. The Balaban J connectivity index is 2.02. The summed E-state index contributed by atoms with van der Waals surface area (Å²) < 4.78 is 1.11. The van der Waals surface area contributed by atoms with Crippen molar-refractivity contribution in [2.45, 2.75) is 0 Å². The van der Waals surface area contributed by atoms with Gasteiger partial charge in [-0.05, 0) is 45.3 Å². The highest BCUT2D eigenvalue weighted by molar-refractivity contribution is 5.56. The summed E-state index contributed by atoms with van der Waals surface area (Å²) in [6.07, 6.45) is 0. The monoisotopic (exact) mass is 270 g/mol. The molecule has 0 saturated heterocycles. The number of nitrogens with one attached hydrogen (secondary N) is 1.